The average Bonchev–Trinajstić information content (AvgIpc) is 2.72. The number of amides is 2. The summed E-state index contributed by atoms with van der Waals surface area (Å²) in [7, 11) is 0. The number of nitrogens with zero attached hydrogens (tertiary/aromatic N) is 1. The number of rotatable bonds is 5. The molecule has 0 bridgehead atoms. The van der Waals surface area contributed by atoms with Crippen molar-refractivity contribution in [1.29, 1.82) is 0 Å². The molecular formula is C16H22N2O2. The van der Waals surface area contributed by atoms with Crippen LogP contribution in [0.4, 0.5) is 0 Å². The summed E-state index contributed by atoms with van der Waals surface area (Å²) < 4.78 is 0. The van der Waals surface area contributed by atoms with E-state index in [-0.39, 0.29) is 11.8 Å². The van der Waals surface area contributed by atoms with Crippen molar-refractivity contribution in [3.05, 3.63) is 35.4 Å². The molecule has 108 valence electrons. The topological polar surface area (TPSA) is 63.4 Å². The molecule has 1 saturated heterocycles. The van der Waals surface area contributed by atoms with Gasteiger partial charge in [0.15, 0.2) is 0 Å². The third-order valence-electron chi connectivity index (χ3n) is 4.51. The van der Waals surface area contributed by atoms with E-state index in [4.69, 9.17) is 5.73 Å². The standard InChI is InChI=1S/C16H22N2O2/c1-3-16(4-2)9-14(19)18(15(16)20)11-13-8-6-5-7-12(13)10-17/h5-8H,3-4,9-11,17H2,1-2H3. The molecule has 1 heterocycles. The third kappa shape index (κ3) is 2.36. The van der Waals surface area contributed by atoms with Crippen molar-refractivity contribution in [2.24, 2.45) is 11.1 Å². The molecule has 2 N–H and O–H groups in total. The maximum atomic E-state index is 12.6. The molecule has 0 radical (unpaired) electrons. The van der Waals surface area contributed by atoms with Crippen LogP contribution in [-0.2, 0) is 22.7 Å². The van der Waals surface area contributed by atoms with Crippen molar-refractivity contribution in [3.63, 3.8) is 0 Å². The summed E-state index contributed by atoms with van der Waals surface area (Å²) in [5.41, 5.74) is 7.16. The molecule has 1 fully saturated rings. The van der Waals surface area contributed by atoms with Crippen molar-refractivity contribution in [1.82, 2.24) is 4.90 Å². The molecule has 0 atom stereocenters. The second-order valence-electron chi connectivity index (χ2n) is 5.42. The predicted molar refractivity (Wildman–Crippen MR) is 77.5 cm³/mol. The average molecular weight is 274 g/mol. The molecule has 0 aliphatic carbocycles. The number of carbonyl (C=O) groups is 2. The normalized spacial score (nSPS) is 17.9. The molecule has 2 rings (SSSR count). The molecular weight excluding hydrogens is 252 g/mol. The molecule has 0 saturated carbocycles. The predicted octanol–water partition coefficient (Wildman–Crippen LogP) is 2.21. The number of carbonyl (C=O) groups excluding carboxylic acids is 2. The van der Waals surface area contributed by atoms with Crippen molar-refractivity contribution in [3.8, 4) is 0 Å². The summed E-state index contributed by atoms with van der Waals surface area (Å²) in [5.74, 6) is -0.0927. The second kappa shape index (κ2) is 5.75. The van der Waals surface area contributed by atoms with Gasteiger partial charge in [0, 0.05) is 13.0 Å². The number of hydrogen-bond donors (Lipinski definition) is 1. The highest BCUT2D eigenvalue weighted by atomic mass is 16.2. The highest BCUT2D eigenvalue weighted by Crippen LogP contribution is 2.39. The lowest BCUT2D eigenvalue weighted by Gasteiger charge is -2.24. The first kappa shape index (κ1) is 14.7. The maximum Gasteiger partial charge on any atom is 0.236 e. The van der Waals surface area contributed by atoms with E-state index in [0.717, 1.165) is 11.1 Å². The number of imide groups is 1. The Hall–Kier alpha value is -1.68. The van der Waals surface area contributed by atoms with E-state index in [1.807, 2.05) is 38.1 Å². The van der Waals surface area contributed by atoms with E-state index in [9.17, 15) is 9.59 Å². The smallest absolute Gasteiger partial charge is 0.236 e. The van der Waals surface area contributed by atoms with Gasteiger partial charge in [0.1, 0.15) is 0 Å². The summed E-state index contributed by atoms with van der Waals surface area (Å²) in [4.78, 5) is 26.2. The quantitative estimate of drug-likeness (QED) is 0.837. The van der Waals surface area contributed by atoms with E-state index < -0.39 is 5.41 Å². The van der Waals surface area contributed by atoms with Crippen LogP contribution in [0.2, 0.25) is 0 Å². The van der Waals surface area contributed by atoms with Crippen LogP contribution in [0, 0.1) is 5.41 Å². The van der Waals surface area contributed by atoms with Crippen molar-refractivity contribution in [2.45, 2.75) is 46.2 Å². The SMILES string of the molecule is CCC1(CC)CC(=O)N(Cc2ccccc2CN)C1=O. The van der Waals surface area contributed by atoms with Gasteiger partial charge in [0.2, 0.25) is 11.8 Å². The van der Waals surface area contributed by atoms with Gasteiger partial charge in [-0.05, 0) is 24.0 Å². The van der Waals surface area contributed by atoms with Crippen molar-refractivity contribution < 1.29 is 9.59 Å². The highest BCUT2D eigenvalue weighted by Gasteiger charge is 2.48. The summed E-state index contributed by atoms with van der Waals surface area (Å²) in [6.07, 6.45) is 1.76. The maximum absolute atomic E-state index is 12.6. The number of likely N-dealkylation sites (tertiary alicyclic amines) is 1. The molecule has 0 unspecified atom stereocenters. The van der Waals surface area contributed by atoms with Gasteiger partial charge in [-0.2, -0.15) is 0 Å². The molecule has 4 nitrogen and oxygen atoms in total. The molecule has 20 heavy (non-hydrogen) atoms. The number of hydrogen-bond acceptors (Lipinski definition) is 3. The Balaban J connectivity index is 2.26. The fraction of sp³-hybridized carbons (Fsp3) is 0.500. The fourth-order valence-corrected chi connectivity index (χ4v) is 2.90. The van der Waals surface area contributed by atoms with Gasteiger partial charge >= 0.3 is 0 Å². The van der Waals surface area contributed by atoms with Gasteiger partial charge in [-0.1, -0.05) is 38.1 Å². The molecule has 1 aromatic carbocycles. The first-order chi connectivity index (χ1) is 9.57. The Morgan fingerprint density at radius 2 is 1.75 bits per heavy atom. The summed E-state index contributed by atoms with van der Waals surface area (Å²) in [5, 5.41) is 0. The summed E-state index contributed by atoms with van der Waals surface area (Å²) in [6.45, 7) is 4.71. The fourth-order valence-electron chi connectivity index (χ4n) is 2.90. The largest absolute Gasteiger partial charge is 0.326 e. The van der Waals surface area contributed by atoms with Gasteiger partial charge < -0.3 is 5.73 Å². The molecule has 1 aliphatic heterocycles. The van der Waals surface area contributed by atoms with Gasteiger partial charge in [0.05, 0.1) is 12.0 Å². The molecule has 4 heteroatoms. The van der Waals surface area contributed by atoms with Gasteiger partial charge in [-0.15, -0.1) is 0 Å². The Labute approximate surface area is 119 Å². The second-order valence-corrected chi connectivity index (χ2v) is 5.42. The number of nitrogens with two attached hydrogens (primary N) is 1. The van der Waals surface area contributed by atoms with E-state index in [1.54, 1.807) is 0 Å². The lowest BCUT2D eigenvalue weighted by molar-refractivity contribution is -0.142. The van der Waals surface area contributed by atoms with E-state index in [2.05, 4.69) is 0 Å². The molecule has 1 aliphatic rings. The van der Waals surface area contributed by atoms with Crippen LogP contribution < -0.4 is 5.73 Å². The Morgan fingerprint density at radius 3 is 2.25 bits per heavy atom. The van der Waals surface area contributed by atoms with Gasteiger partial charge in [-0.25, -0.2) is 0 Å². The minimum absolute atomic E-state index is 0.0284. The Kier molecular flexibility index (Phi) is 4.23. The zero-order valence-corrected chi connectivity index (χ0v) is 12.2. The molecule has 0 spiro atoms. The minimum Gasteiger partial charge on any atom is -0.326 e. The van der Waals surface area contributed by atoms with Crippen LogP contribution in [0.25, 0.3) is 0 Å². The van der Waals surface area contributed by atoms with Crippen LogP contribution in [0.3, 0.4) is 0 Å². The van der Waals surface area contributed by atoms with Crippen molar-refractivity contribution in [2.75, 3.05) is 0 Å². The lowest BCUT2D eigenvalue weighted by Crippen LogP contribution is -2.35. The van der Waals surface area contributed by atoms with Crippen LogP contribution in [0.15, 0.2) is 24.3 Å². The zero-order chi connectivity index (χ0) is 14.8. The molecule has 1 aromatic rings. The third-order valence-corrected chi connectivity index (χ3v) is 4.51. The Morgan fingerprint density at radius 1 is 1.15 bits per heavy atom. The molecule has 0 aromatic heterocycles. The number of benzene rings is 1. The lowest BCUT2D eigenvalue weighted by atomic mass is 9.81. The summed E-state index contributed by atoms with van der Waals surface area (Å²) in [6, 6.07) is 7.70. The monoisotopic (exact) mass is 274 g/mol. The highest BCUT2D eigenvalue weighted by molar-refractivity contribution is 6.05. The van der Waals surface area contributed by atoms with Gasteiger partial charge in [-0.3, -0.25) is 14.5 Å². The van der Waals surface area contributed by atoms with Gasteiger partial charge in [0.25, 0.3) is 0 Å². The summed E-state index contributed by atoms with van der Waals surface area (Å²) >= 11 is 0. The van der Waals surface area contributed by atoms with Crippen LogP contribution in [0.1, 0.15) is 44.2 Å². The van der Waals surface area contributed by atoms with Crippen LogP contribution in [-0.4, -0.2) is 16.7 Å². The van der Waals surface area contributed by atoms with E-state index >= 15 is 0 Å². The van der Waals surface area contributed by atoms with Crippen LogP contribution >= 0.6 is 0 Å². The molecule has 2 amide bonds. The first-order valence-electron chi connectivity index (χ1n) is 7.19. The minimum atomic E-state index is -0.491. The van der Waals surface area contributed by atoms with Crippen LogP contribution in [0.5, 0.6) is 0 Å². The van der Waals surface area contributed by atoms with E-state index in [0.29, 0.717) is 32.4 Å². The first-order valence-corrected chi connectivity index (χ1v) is 7.19. The van der Waals surface area contributed by atoms with E-state index in [1.165, 1.54) is 4.90 Å². The Bertz CT molecular complexity index is 521. The zero-order valence-electron chi connectivity index (χ0n) is 12.2. The van der Waals surface area contributed by atoms with Crippen molar-refractivity contribution >= 4 is 11.8 Å².